The standard InChI is InChI=1S/C14H19N3O/c1-10(6-8-18)9-17-13-5-7-16-14-11(13)3-2-4-12(14)15/h2-5,7,10,18H,6,8-9,15H2,1H3,(H,16,17). The van der Waals surface area contributed by atoms with Crippen molar-refractivity contribution in [3.8, 4) is 0 Å². The van der Waals surface area contributed by atoms with E-state index >= 15 is 0 Å². The van der Waals surface area contributed by atoms with E-state index in [0.29, 0.717) is 11.6 Å². The van der Waals surface area contributed by atoms with Gasteiger partial charge in [-0.15, -0.1) is 0 Å². The van der Waals surface area contributed by atoms with Crippen LogP contribution in [0, 0.1) is 5.92 Å². The Balaban J connectivity index is 2.21. The number of nitrogens with one attached hydrogen (secondary N) is 1. The number of para-hydroxylation sites is 1. The van der Waals surface area contributed by atoms with Crippen LogP contribution < -0.4 is 11.1 Å². The van der Waals surface area contributed by atoms with E-state index in [9.17, 15) is 0 Å². The van der Waals surface area contributed by atoms with Crippen LogP contribution in [0.4, 0.5) is 11.4 Å². The van der Waals surface area contributed by atoms with Crippen molar-refractivity contribution in [2.24, 2.45) is 5.92 Å². The van der Waals surface area contributed by atoms with Crippen LogP contribution in [0.1, 0.15) is 13.3 Å². The second kappa shape index (κ2) is 5.69. The largest absolute Gasteiger partial charge is 0.397 e. The third-order valence-electron chi connectivity index (χ3n) is 3.07. The minimum absolute atomic E-state index is 0.229. The summed E-state index contributed by atoms with van der Waals surface area (Å²) in [6.45, 7) is 3.17. The van der Waals surface area contributed by atoms with Gasteiger partial charge in [0, 0.05) is 30.4 Å². The van der Waals surface area contributed by atoms with Crippen molar-refractivity contribution in [1.82, 2.24) is 4.98 Å². The number of aliphatic hydroxyl groups excluding tert-OH is 1. The molecule has 0 radical (unpaired) electrons. The number of pyridine rings is 1. The average molecular weight is 245 g/mol. The number of hydrogen-bond acceptors (Lipinski definition) is 4. The summed E-state index contributed by atoms with van der Waals surface area (Å²) in [5.41, 5.74) is 8.47. The Labute approximate surface area is 107 Å². The van der Waals surface area contributed by atoms with Gasteiger partial charge >= 0.3 is 0 Å². The maximum absolute atomic E-state index is 8.89. The van der Waals surface area contributed by atoms with E-state index in [4.69, 9.17) is 10.8 Å². The average Bonchev–Trinajstić information content (AvgIpc) is 2.37. The van der Waals surface area contributed by atoms with E-state index in [1.807, 2.05) is 24.3 Å². The van der Waals surface area contributed by atoms with Crippen molar-refractivity contribution in [2.75, 3.05) is 24.2 Å². The van der Waals surface area contributed by atoms with Gasteiger partial charge < -0.3 is 16.2 Å². The number of nitrogens with two attached hydrogens (primary N) is 1. The van der Waals surface area contributed by atoms with Gasteiger partial charge in [0.05, 0.1) is 11.2 Å². The van der Waals surface area contributed by atoms with Crippen LogP contribution >= 0.6 is 0 Å². The van der Waals surface area contributed by atoms with E-state index in [-0.39, 0.29) is 6.61 Å². The fourth-order valence-electron chi connectivity index (χ4n) is 1.96. The molecule has 0 fully saturated rings. The molecular formula is C14H19N3O. The second-order valence-electron chi connectivity index (χ2n) is 4.60. The van der Waals surface area contributed by atoms with E-state index in [1.54, 1.807) is 6.20 Å². The van der Waals surface area contributed by atoms with Crippen molar-refractivity contribution in [3.05, 3.63) is 30.5 Å². The number of hydrogen-bond donors (Lipinski definition) is 3. The van der Waals surface area contributed by atoms with Crippen LogP contribution in [0.2, 0.25) is 0 Å². The zero-order chi connectivity index (χ0) is 13.0. The van der Waals surface area contributed by atoms with Gasteiger partial charge in [-0.25, -0.2) is 0 Å². The highest BCUT2D eigenvalue weighted by atomic mass is 16.3. The Morgan fingerprint density at radius 3 is 3.00 bits per heavy atom. The molecule has 0 aliphatic rings. The fraction of sp³-hybridized carbons (Fsp3) is 0.357. The molecule has 4 heteroatoms. The Bertz CT molecular complexity index is 527. The van der Waals surface area contributed by atoms with Crippen LogP contribution in [0.25, 0.3) is 10.9 Å². The maximum Gasteiger partial charge on any atom is 0.0951 e. The molecule has 0 amide bonds. The highest BCUT2D eigenvalue weighted by molar-refractivity contribution is 5.97. The highest BCUT2D eigenvalue weighted by Crippen LogP contribution is 2.25. The maximum atomic E-state index is 8.89. The molecule has 0 aliphatic heterocycles. The SMILES string of the molecule is CC(CCO)CNc1ccnc2c(N)cccc12. The molecule has 4 N–H and O–H groups in total. The predicted octanol–water partition coefficient (Wildman–Crippen LogP) is 2.25. The van der Waals surface area contributed by atoms with Gasteiger partial charge in [-0.2, -0.15) is 0 Å². The van der Waals surface area contributed by atoms with Gasteiger partial charge in [-0.1, -0.05) is 19.1 Å². The van der Waals surface area contributed by atoms with Crippen molar-refractivity contribution < 1.29 is 5.11 Å². The zero-order valence-corrected chi connectivity index (χ0v) is 10.6. The number of aromatic nitrogens is 1. The molecule has 1 atom stereocenters. The predicted molar refractivity (Wildman–Crippen MR) is 75.5 cm³/mol. The quantitative estimate of drug-likeness (QED) is 0.706. The first kappa shape index (κ1) is 12.6. The van der Waals surface area contributed by atoms with Gasteiger partial charge in [-0.05, 0) is 24.5 Å². The first-order chi connectivity index (χ1) is 8.72. The lowest BCUT2D eigenvalue weighted by Gasteiger charge is -2.14. The molecule has 0 spiro atoms. The Morgan fingerprint density at radius 1 is 1.39 bits per heavy atom. The molecule has 2 rings (SSSR count). The Hall–Kier alpha value is -1.81. The van der Waals surface area contributed by atoms with Gasteiger partial charge in [0.15, 0.2) is 0 Å². The third-order valence-corrected chi connectivity index (χ3v) is 3.07. The van der Waals surface area contributed by atoms with Gasteiger partial charge in [0.25, 0.3) is 0 Å². The number of nitrogen functional groups attached to an aromatic ring is 1. The van der Waals surface area contributed by atoms with Crippen LogP contribution in [-0.2, 0) is 0 Å². The molecular weight excluding hydrogens is 226 g/mol. The van der Waals surface area contributed by atoms with Crippen LogP contribution in [0.5, 0.6) is 0 Å². The lowest BCUT2D eigenvalue weighted by molar-refractivity contribution is 0.266. The smallest absolute Gasteiger partial charge is 0.0951 e. The molecule has 2 aromatic rings. The first-order valence-corrected chi connectivity index (χ1v) is 6.20. The molecule has 1 aromatic heterocycles. The highest BCUT2D eigenvalue weighted by Gasteiger charge is 2.05. The summed E-state index contributed by atoms with van der Waals surface area (Å²) in [7, 11) is 0. The summed E-state index contributed by atoms with van der Waals surface area (Å²) in [4.78, 5) is 4.30. The fourth-order valence-corrected chi connectivity index (χ4v) is 1.96. The Morgan fingerprint density at radius 2 is 2.22 bits per heavy atom. The molecule has 0 aliphatic carbocycles. The molecule has 4 nitrogen and oxygen atoms in total. The zero-order valence-electron chi connectivity index (χ0n) is 10.6. The Kier molecular flexibility index (Phi) is 3.99. The second-order valence-corrected chi connectivity index (χ2v) is 4.60. The van der Waals surface area contributed by atoms with Crippen LogP contribution in [0.15, 0.2) is 30.5 Å². The number of nitrogens with zero attached hydrogens (tertiary/aromatic N) is 1. The summed E-state index contributed by atoms with van der Waals surface area (Å²) >= 11 is 0. The van der Waals surface area contributed by atoms with Crippen molar-refractivity contribution >= 4 is 22.3 Å². The summed E-state index contributed by atoms with van der Waals surface area (Å²) in [5, 5.41) is 13.3. The number of fused-ring (bicyclic) bond motifs is 1. The molecule has 1 aromatic carbocycles. The first-order valence-electron chi connectivity index (χ1n) is 6.20. The van der Waals surface area contributed by atoms with Crippen molar-refractivity contribution in [1.29, 1.82) is 0 Å². The normalized spacial score (nSPS) is 12.6. The lowest BCUT2D eigenvalue weighted by Crippen LogP contribution is -2.12. The minimum atomic E-state index is 0.229. The molecule has 18 heavy (non-hydrogen) atoms. The monoisotopic (exact) mass is 245 g/mol. The van der Waals surface area contributed by atoms with Crippen molar-refractivity contribution in [2.45, 2.75) is 13.3 Å². The summed E-state index contributed by atoms with van der Waals surface area (Å²) in [5.74, 6) is 0.430. The van der Waals surface area contributed by atoms with Gasteiger partial charge in [0.1, 0.15) is 0 Å². The van der Waals surface area contributed by atoms with Crippen LogP contribution in [0.3, 0.4) is 0 Å². The molecule has 1 heterocycles. The minimum Gasteiger partial charge on any atom is -0.397 e. The van der Waals surface area contributed by atoms with Crippen molar-refractivity contribution in [3.63, 3.8) is 0 Å². The molecule has 0 bridgehead atoms. The number of benzene rings is 1. The topological polar surface area (TPSA) is 71.2 Å². The number of rotatable bonds is 5. The van der Waals surface area contributed by atoms with E-state index in [0.717, 1.165) is 29.6 Å². The number of anilines is 2. The molecule has 0 saturated carbocycles. The molecule has 1 unspecified atom stereocenters. The summed E-state index contributed by atoms with van der Waals surface area (Å²) < 4.78 is 0. The lowest BCUT2D eigenvalue weighted by atomic mass is 10.1. The van der Waals surface area contributed by atoms with Crippen LogP contribution in [-0.4, -0.2) is 23.2 Å². The van der Waals surface area contributed by atoms with Gasteiger partial charge in [-0.3, -0.25) is 4.98 Å². The third kappa shape index (κ3) is 2.71. The summed E-state index contributed by atoms with van der Waals surface area (Å²) in [6, 6.07) is 7.75. The van der Waals surface area contributed by atoms with E-state index in [1.165, 1.54) is 0 Å². The molecule has 0 saturated heterocycles. The molecule has 96 valence electrons. The van der Waals surface area contributed by atoms with E-state index < -0.39 is 0 Å². The summed E-state index contributed by atoms with van der Waals surface area (Å²) in [6.07, 6.45) is 2.57. The number of aliphatic hydroxyl groups is 1. The van der Waals surface area contributed by atoms with E-state index in [2.05, 4.69) is 17.2 Å². The van der Waals surface area contributed by atoms with Gasteiger partial charge in [0.2, 0.25) is 0 Å².